The predicted octanol–water partition coefficient (Wildman–Crippen LogP) is 0.0647. The van der Waals surface area contributed by atoms with Crippen LogP contribution < -0.4 is 14.8 Å². The predicted molar refractivity (Wildman–Crippen MR) is 55.9 cm³/mol. The van der Waals surface area contributed by atoms with E-state index >= 15 is 0 Å². The van der Waals surface area contributed by atoms with E-state index in [-0.39, 0.29) is 6.01 Å². The zero-order valence-corrected chi connectivity index (χ0v) is 9.00. The number of nitrogens with zero attached hydrogens (tertiary/aromatic N) is 2. The summed E-state index contributed by atoms with van der Waals surface area (Å²) in [6.45, 7) is 0.606. The first-order valence-electron chi connectivity index (χ1n) is 4.40. The van der Waals surface area contributed by atoms with Gasteiger partial charge < -0.3 is 14.8 Å². The van der Waals surface area contributed by atoms with Gasteiger partial charge in [-0.05, 0) is 7.05 Å². The van der Waals surface area contributed by atoms with Gasteiger partial charge in [0.1, 0.15) is 5.56 Å². The van der Waals surface area contributed by atoms with Crippen LogP contribution in [0.25, 0.3) is 0 Å². The van der Waals surface area contributed by atoms with Crippen LogP contribution in [-0.4, -0.2) is 37.8 Å². The van der Waals surface area contributed by atoms with Gasteiger partial charge in [0.2, 0.25) is 5.88 Å². The third-order valence-corrected chi connectivity index (χ3v) is 1.60. The van der Waals surface area contributed by atoms with Crippen molar-refractivity contribution in [2.45, 2.75) is 0 Å². The number of methoxy groups -OCH3 is 2. The van der Waals surface area contributed by atoms with Crippen LogP contribution in [0, 0.1) is 11.8 Å². The van der Waals surface area contributed by atoms with Crippen LogP contribution in [0.3, 0.4) is 0 Å². The van der Waals surface area contributed by atoms with Crippen molar-refractivity contribution in [1.82, 2.24) is 15.3 Å². The molecule has 5 nitrogen and oxygen atoms in total. The van der Waals surface area contributed by atoms with Gasteiger partial charge in [0.25, 0.3) is 0 Å². The molecule has 1 aromatic heterocycles. The fourth-order valence-corrected chi connectivity index (χ4v) is 0.918. The molecule has 5 heteroatoms. The van der Waals surface area contributed by atoms with Crippen molar-refractivity contribution in [3.8, 4) is 23.7 Å². The van der Waals surface area contributed by atoms with Crippen molar-refractivity contribution in [2.24, 2.45) is 0 Å². The Morgan fingerprint density at radius 2 is 2.20 bits per heavy atom. The Kier molecular flexibility index (Phi) is 4.38. The summed E-state index contributed by atoms with van der Waals surface area (Å²) < 4.78 is 9.94. The highest BCUT2D eigenvalue weighted by molar-refractivity contribution is 5.40. The maximum atomic E-state index is 5.06. The first kappa shape index (κ1) is 11.3. The minimum atomic E-state index is 0.269. The average Bonchev–Trinajstić information content (AvgIpc) is 2.29. The van der Waals surface area contributed by atoms with E-state index in [1.54, 1.807) is 6.20 Å². The number of ether oxygens (including phenoxy) is 2. The van der Waals surface area contributed by atoms with E-state index < -0.39 is 0 Å². The van der Waals surface area contributed by atoms with E-state index in [0.29, 0.717) is 18.0 Å². The van der Waals surface area contributed by atoms with E-state index in [4.69, 9.17) is 9.47 Å². The molecule has 0 aliphatic carbocycles. The second kappa shape index (κ2) is 5.83. The smallest absolute Gasteiger partial charge is 0.319 e. The standard InChI is InChI=1S/C10H13N3O2/c1-11-6-4-5-8-7-12-10(15-3)13-9(8)14-2/h7,11H,6H2,1-3H3. The highest BCUT2D eigenvalue weighted by atomic mass is 16.5. The molecule has 0 unspecified atom stereocenters. The van der Waals surface area contributed by atoms with E-state index in [1.807, 2.05) is 7.05 Å². The van der Waals surface area contributed by atoms with Gasteiger partial charge in [-0.15, -0.1) is 0 Å². The Labute approximate surface area is 88.8 Å². The van der Waals surface area contributed by atoms with Crippen molar-refractivity contribution in [2.75, 3.05) is 27.8 Å². The Morgan fingerprint density at radius 3 is 2.80 bits per heavy atom. The van der Waals surface area contributed by atoms with Crippen LogP contribution >= 0.6 is 0 Å². The molecule has 80 valence electrons. The van der Waals surface area contributed by atoms with Crippen molar-refractivity contribution in [1.29, 1.82) is 0 Å². The Bertz CT molecular complexity index is 382. The monoisotopic (exact) mass is 207 g/mol. The lowest BCUT2D eigenvalue weighted by Crippen LogP contribution is -2.04. The van der Waals surface area contributed by atoms with Gasteiger partial charge in [-0.25, -0.2) is 4.98 Å². The molecule has 15 heavy (non-hydrogen) atoms. The van der Waals surface area contributed by atoms with E-state index in [0.717, 1.165) is 0 Å². The molecule has 0 aliphatic heterocycles. The molecule has 1 heterocycles. The maximum Gasteiger partial charge on any atom is 0.319 e. The molecule has 0 aliphatic rings. The van der Waals surface area contributed by atoms with Gasteiger partial charge in [0.05, 0.1) is 27.0 Å². The second-order valence-corrected chi connectivity index (χ2v) is 2.61. The molecule has 0 bridgehead atoms. The minimum Gasteiger partial charge on any atom is -0.480 e. The van der Waals surface area contributed by atoms with E-state index in [1.165, 1.54) is 14.2 Å². The van der Waals surface area contributed by atoms with Crippen LogP contribution in [0.1, 0.15) is 5.56 Å². The fraction of sp³-hybridized carbons (Fsp3) is 0.400. The van der Waals surface area contributed by atoms with Crippen molar-refractivity contribution < 1.29 is 9.47 Å². The summed E-state index contributed by atoms with van der Waals surface area (Å²) in [5.74, 6) is 6.22. The topological polar surface area (TPSA) is 56.3 Å². The molecule has 0 fully saturated rings. The van der Waals surface area contributed by atoms with Gasteiger partial charge in [-0.2, -0.15) is 4.98 Å². The van der Waals surface area contributed by atoms with Gasteiger partial charge in [0, 0.05) is 0 Å². The molecular formula is C10H13N3O2. The van der Waals surface area contributed by atoms with Crippen molar-refractivity contribution >= 4 is 0 Å². The van der Waals surface area contributed by atoms with Gasteiger partial charge in [-0.3, -0.25) is 0 Å². The lowest BCUT2D eigenvalue weighted by Gasteiger charge is -2.02. The Hall–Kier alpha value is -1.80. The largest absolute Gasteiger partial charge is 0.480 e. The van der Waals surface area contributed by atoms with Gasteiger partial charge in [0.15, 0.2) is 0 Å². The van der Waals surface area contributed by atoms with Crippen molar-refractivity contribution in [3.05, 3.63) is 11.8 Å². The summed E-state index contributed by atoms with van der Waals surface area (Å²) >= 11 is 0. The number of hydrogen-bond donors (Lipinski definition) is 1. The summed E-state index contributed by atoms with van der Waals surface area (Å²) in [6.07, 6.45) is 1.58. The molecule has 0 amide bonds. The van der Waals surface area contributed by atoms with Crippen LogP contribution in [0.5, 0.6) is 11.9 Å². The number of rotatable bonds is 3. The third-order valence-electron chi connectivity index (χ3n) is 1.60. The average molecular weight is 207 g/mol. The maximum absolute atomic E-state index is 5.06. The van der Waals surface area contributed by atoms with Crippen LogP contribution in [-0.2, 0) is 0 Å². The number of aromatic nitrogens is 2. The van der Waals surface area contributed by atoms with Gasteiger partial charge >= 0.3 is 6.01 Å². The molecule has 0 atom stereocenters. The highest BCUT2D eigenvalue weighted by Crippen LogP contribution is 2.15. The summed E-state index contributed by atoms with van der Waals surface area (Å²) in [5.41, 5.74) is 0.647. The Morgan fingerprint density at radius 1 is 1.40 bits per heavy atom. The first-order valence-corrected chi connectivity index (χ1v) is 4.40. The summed E-state index contributed by atoms with van der Waals surface area (Å²) in [6, 6.07) is 0.269. The second-order valence-electron chi connectivity index (χ2n) is 2.61. The van der Waals surface area contributed by atoms with Crippen molar-refractivity contribution in [3.63, 3.8) is 0 Å². The third kappa shape index (κ3) is 3.11. The Balaban J connectivity index is 2.93. The summed E-state index contributed by atoms with van der Waals surface area (Å²) in [4.78, 5) is 7.96. The summed E-state index contributed by atoms with van der Waals surface area (Å²) in [5, 5.41) is 2.92. The molecule has 0 saturated carbocycles. The lowest BCUT2D eigenvalue weighted by atomic mass is 10.3. The summed E-state index contributed by atoms with van der Waals surface area (Å²) in [7, 11) is 4.86. The van der Waals surface area contributed by atoms with E-state index in [2.05, 4.69) is 27.1 Å². The number of nitrogens with one attached hydrogen (secondary N) is 1. The zero-order valence-electron chi connectivity index (χ0n) is 9.00. The molecule has 0 saturated heterocycles. The lowest BCUT2D eigenvalue weighted by molar-refractivity contribution is 0.351. The molecule has 1 rings (SSSR count). The van der Waals surface area contributed by atoms with Crippen LogP contribution in [0.4, 0.5) is 0 Å². The van der Waals surface area contributed by atoms with Crippen LogP contribution in [0.2, 0.25) is 0 Å². The van der Waals surface area contributed by atoms with Crippen LogP contribution in [0.15, 0.2) is 6.20 Å². The highest BCUT2D eigenvalue weighted by Gasteiger charge is 2.04. The fourth-order valence-electron chi connectivity index (χ4n) is 0.918. The SMILES string of the molecule is CNCC#Cc1cnc(OC)nc1OC. The van der Waals surface area contributed by atoms with E-state index in [9.17, 15) is 0 Å². The van der Waals surface area contributed by atoms with Gasteiger partial charge in [-0.1, -0.05) is 11.8 Å². The number of hydrogen-bond acceptors (Lipinski definition) is 5. The molecular weight excluding hydrogens is 194 g/mol. The normalized spacial score (nSPS) is 9.00. The molecule has 0 spiro atoms. The first-order chi connectivity index (χ1) is 7.31. The zero-order chi connectivity index (χ0) is 11.1. The quantitative estimate of drug-likeness (QED) is 0.710. The molecule has 0 aromatic carbocycles. The minimum absolute atomic E-state index is 0.269. The molecule has 0 radical (unpaired) electrons. The molecule has 1 aromatic rings. The molecule has 1 N–H and O–H groups in total.